The van der Waals surface area contributed by atoms with Crippen molar-refractivity contribution in [2.45, 2.75) is 51.3 Å². The Morgan fingerprint density at radius 2 is 2.22 bits per heavy atom. The summed E-state index contributed by atoms with van der Waals surface area (Å²) in [5.74, 6) is 0.439. The van der Waals surface area contributed by atoms with Gasteiger partial charge in [-0.3, -0.25) is 4.99 Å². The monoisotopic (exact) mass is 494 g/mol. The molecule has 8 nitrogen and oxygen atoms in total. The molecule has 0 N–H and O–H groups in total. The number of nitrogens with zero attached hydrogens (tertiary/aromatic N) is 4. The van der Waals surface area contributed by atoms with Crippen molar-refractivity contribution in [1.29, 1.82) is 0 Å². The van der Waals surface area contributed by atoms with E-state index in [2.05, 4.69) is 22.0 Å². The van der Waals surface area contributed by atoms with Gasteiger partial charge < -0.3 is 24.1 Å². The number of carbonyl (C=O) groups is 1. The molecule has 3 aliphatic heterocycles. The van der Waals surface area contributed by atoms with Crippen molar-refractivity contribution >= 4 is 29.9 Å². The summed E-state index contributed by atoms with van der Waals surface area (Å²) in [7, 11) is 1.65. The van der Waals surface area contributed by atoms with Crippen LogP contribution in [0.3, 0.4) is 0 Å². The first-order valence-corrected chi connectivity index (χ1v) is 12.4. The Labute approximate surface area is 210 Å². The van der Waals surface area contributed by atoms with Crippen LogP contribution in [0.2, 0.25) is 0 Å². The van der Waals surface area contributed by atoms with Gasteiger partial charge in [0.2, 0.25) is 0 Å². The van der Waals surface area contributed by atoms with Crippen molar-refractivity contribution in [2.75, 3.05) is 31.7 Å². The summed E-state index contributed by atoms with van der Waals surface area (Å²) in [4.78, 5) is 27.5. The Hall–Kier alpha value is -3.62. The van der Waals surface area contributed by atoms with Crippen molar-refractivity contribution in [3.05, 3.63) is 52.9 Å². The number of esters is 1. The smallest absolute Gasteiger partial charge is 0.380 e. The fraction of sp³-hybridized carbons (Fsp3) is 0.444. The number of aliphatic imine (C=N–C) groups is 1. The first-order chi connectivity index (χ1) is 17.5. The van der Waals surface area contributed by atoms with Crippen LogP contribution in [-0.4, -0.2) is 61.6 Å². The maximum Gasteiger partial charge on any atom is 0.380 e. The average molecular weight is 495 g/mol. The molecule has 2 atom stereocenters. The summed E-state index contributed by atoms with van der Waals surface area (Å²) >= 11 is 0. The molecule has 0 spiro atoms. The predicted molar refractivity (Wildman–Crippen MR) is 137 cm³/mol. The van der Waals surface area contributed by atoms with Gasteiger partial charge in [-0.15, -0.1) is 0 Å². The molecule has 0 saturated carbocycles. The molecular weight excluding hydrogens is 463 g/mol. The number of benzene rings is 1. The van der Waals surface area contributed by atoms with Gasteiger partial charge >= 0.3 is 11.7 Å². The second kappa shape index (κ2) is 9.79. The molecule has 0 bridgehead atoms. The molecule has 0 aromatic heterocycles. The maximum absolute atomic E-state index is 14.3. The highest BCUT2D eigenvalue weighted by molar-refractivity contribution is 6.07. The third-order valence-corrected chi connectivity index (χ3v) is 6.79. The number of fused-ring (bicyclic) bond motifs is 1. The maximum atomic E-state index is 14.3. The summed E-state index contributed by atoms with van der Waals surface area (Å²) in [6, 6.07) is 6.27. The largest absolute Gasteiger partial charge is 0.495 e. The molecule has 1 saturated heterocycles. The van der Waals surface area contributed by atoms with Crippen molar-refractivity contribution in [2.24, 2.45) is 10.1 Å². The van der Waals surface area contributed by atoms with Gasteiger partial charge in [-0.25, -0.2) is 9.18 Å². The number of allylic oxidation sites excluding steroid dienone is 2. The minimum absolute atomic E-state index is 0.182. The molecule has 5 rings (SSSR count). The fourth-order valence-corrected chi connectivity index (χ4v) is 5.09. The van der Waals surface area contributed by atoms with Crippen LogP contribution in [0.5, 0.6) is 5.75 Å². The lowest BCUT2D eigenvalue weighted by Crippen LogP contribution is -2.58. The summed E-state index contributed by atoms with van der Waals surface area (Å²) in [5.41, 5.74) is 1.64. The zero-order valence-electron chi connectivity index (χ0n) is 20.9. The number of methoxy groups -OCH3 is 1. The van der Waals surface area contributed by atoms with Crippen LogP contribution in [0, 0.1) is 0 Å². The number of anilines is 1. The third kappa shape index (κ3) is 4.16. The average Bonchev–Trinajstić information content (AvgIpc) is 3.49. The molecule has 4 aliphatic rings. The quantitative estimate of drug-likeness (QED) is 0.539. The standard InChI is InChI=1S/C27H31FN4O4/c1-4-35-26(33)27(21-8-5-9-22(28)15-21)32-12-6-7-20(25(32)30-36-27)13-19-10-11-23(24(14-19)34-3)31-16-18(2)29-17-31/h8,10-11,13-15,17-18H,4-7,9,12,16H2,1-3H3/b20-13+. The molecule has 1 aromatic carbocycles. The van der Waals surface area contributed by atoms with Gasteiger partial charge in [-0.2, -0.15) is 0 Å². The van der Waals surface area contributed by atoms with Crippen LogP contribution >= 0.6 is 0 Å². The lowest BCUT2D eigenvalue weighted by atomic mass is 9.91. The van der Waals surface area contributed by atoms with Crippen molar-refractivity contribution in [3.63, 3.8) is 0 Å². The van der Waals surface area contributed by atoms with Crippen LogP contribution < -0.4 is 9.64 Å². The van der Waals surface area contributed by atoms with E-state index >= 15 is 0 Å². The first-order valence-electron chi connectivity index (χ1n) is 12.4. The molecule has 190 valence electrons. The van der Waals surface area contributed by atoms with Crippen LogP contribution in [-0.2, 0) is 14.4 Å². The normalized spacial score (nSPS) is 26.3. The predicted octanol–water partition coefficient (Wildman–Crippen LogP) is 4.59. The zero-order valence-corrected chi connectivity index (χ0v) is 20.9. The number of rotatable bonds is 6. The van der Waals surface area contributed by atoms with Crippen molar-refractivity contribution in [3.8, 4) is 5.75 Å². The van der Waals surface area contributed by atoms with Crippen LogP contribution in [0.15, 0.2) is 57.5 Å². The van der Waals surface area contributed by atoms with E-state index in [0.717, 1.165) is 42.0 Å². The molecule has 0 amide bonds. The Bertz CT molecular complexity index is 1200. The lowest BCUT2D eigenvalue weighted by Gasteiger charge is -2.38. The fourth-order valence-electron chi connectivity index (χ4n) is 5.09. The van der Waals surface area contributed by atoms with E-state index in [1.54, 1.807) is 14.0 Å². The molecule has 0 radical (unpaired) electrons. The second-order valence-electron chi connectivity index (χ2n) is 9.28. The Kier molecular flexibility index (Phi) is 6.55. The van der Waals surface area contributed by atoms with Gasteiger partial charge in [0.25, 0.3) is 0 Å². The highest BCUT2D eigenvalue weighted by Gasteiger charge is 2.58. The molecule has 36 heavy (non-hydrogen) atoms. The Morgan fingerprint density at radius 3 is 2.94 bits per heavy atom. The molecular formula is C27H31FN4O4. The molecule has 2 unspecified atom stereocenters. The Morgan fingerprint density at radius 1 is 1.36 bits per heavy atom. The SMILES string of the molecule is CCOC(=O)C1(C2=CCCC(F)=C2)ON=C2/C(=C/c3ccc(N4C=NC(C)C4)c(OC)c3)CCCN21. The minimum atomic E-state index is -1.62. The number of piperidine rings is 1. The van der Waals surface area contributed by atoms with E-state index < -0.39 is 11.7 Å². The summed E-state index contributed by atoms with van der Waals surface area (Å²) in [5, 5.41) is 4.35. The lowest BCUT2D eigenvalue weighted by molar-refractivity contribution is -0.177. The van der Waals surface area contributed by atoms with Crippen molar-refractivity contribution < 1.29 is 23.5 Å². The van der Waals surface area contributed by atoms with Crippen LogP contribution in [0.4, 0.5) is 10.1 Å². The highest BCUT2D eigenvalue weighted by Crippen LogP contribution is 2.42. The summed E-state index contributed by atoms with van der Waals surface area (Å²) in [6.45, 7) is 5.34. The van der Waals surface area contributed by atoms with E-state index in [-0.39, 0.29) is 18.5 Å². The van der Waals surface area contributed by atoms with Gasteiger partial charge in [0.05, 0.1) is 31.8 Å². The number of hydrogen-bond donors (Lipinski definition) is 0. The number of amidine groups is 1. The third-order valence-electron chi connectivity index (χ3n) is 6.79. The first kappa shape index (κ1) is 24.1. The number of carbonyl (C=O) groups excluding carboxylic acids is 1. The molecule has 1 aromatic rings. The number of oxime groups is 1. The highest BCUT2D eigenvalue weighted by atomic mass is 19.1. The molecule has 3 heterocycles. The van der Waals surface area contributed by atoms with E-state index in [4.69, 9.17) is 14.3 Å². The van der Waals surface area contributed by atoms with Crippen molar-refractivity contribution in [1.82, 2.24) is 4.90 Å². The number of halogens is 1. The number of ether oxygens (including phenoxy) is 2. The van der Waals surface area contributed by atoms with Gasteiger partial charge in [-0.1, -0.05) is 17.3 Å². The second-order valence-corrected chi connectivity index (χ2v) is 9.28. The van der Waals surface area contributed by atoms with Gasteiger partial charge in [0, 0.05) is 25.1 Å². The molecule has 1 fully saturated rings. The number of hydrogen-bond acceptors (Lipinski definition) is 8. The summed E-state index contributed by atoms with van der Waals surface area (Å²) in [6.07, 6.45) is 9.44. The van der Waals surface area contributed by atoms with Gasteiger partial charge in [0.15, 0.2) is 5.84 Å². The van der Waals surface area contributed by atoms with E-state index in [9.17, 15) is 9.18 Å². The summed E-state index contributed by atoms with van der Waals surface area (Å²) < 4.78 is 25.3. The van der Waals surface area contributed by atoms with E-state index in [1.807, 2.05) is 41.6 Å². The zero-order chi connectivity index (χ0) is 25.3. The Balaban J connectivity index is 1.47. The van der Waals surface area contributed by atoms with Gasteiger partial charge in [0.1, 0.15) is 11.6 Å². The topological polar surface area (TPSA) is 76.0 Å². The van der Waals surface area contributed by atoms with Crippen LogP contribution in [0.25, 0.3) is 6.08 Å². The van der Waals surface area contributed by atoms with E-state index in [1.165, 1.54) is 6.08 Å². The van der Waals surface area contributed by atoms with Gasteiger partial charge in [-0.05, 0) is 68.5 Å². The minimum Gasteiger partial charge on any atom is -0.495 e. The molecule has 9 heteroatoms. The van der Waals surface area contributed by atoms with E-state index in [0.29, 0.717) is 30.8 Å². The molecule has 1 aliphatic carbocycles. The van der Waals surface area contributed by atoms with Crippen LogP contribution in [0.1, 0.15) is 45.1 Å².